The van der Waals surface area contributed by atoms with Crippen molar-refractivity contribution in [2.75, 3.05) is 19.4 Å². The fourth-order valence-electron chi connectivity index (χ4n) is 3.02. The molecule has 0 radical (unpaired) electrons. The van der Waals surface area contributed by atoms with Crippen LogP contribution in [-0.2, 0) is 13.6 Å². The molecular weight excluding hydrogens is 328 g/mol. The Balaban J connectivity index is 1.79. The predicted molar refractivity (Wildman–Crippen MR) is 102 cm³/mol. The molecule has 0 aliphatic heterocycles. The van der Waals surface area contributed by atoms with Crippen molar-refractivity contribution in [3.05, 3.63) is 53.0 Å². The highest BCUT2D eigenvalue weighted by molar-refractivity contribution is 6.03. The van der Waals surface area contributed by atoms with Gasteiger partial charge in [0.1, 0.15) is 5.69 Å². The smallest absolute Gasteiger partial charge is 0.273 e. The van der Waals surface area contributed by atoms with Crippen LogP contribution in [0.3, 0.4) is 0 Å². The molecule has 3 rings (SSSR count). The van der Waals surface area contributed by atoms with Crippen LogP contribution in [0.4, 0.5) is 5.69 Å². The number of amides is 1. The van der Waals surface area contributed by atoms with Crippen LogP contribution in [0.25, 0.3) is 11.3 Å². The minimum absolute atomic E-state index is 0.218. The van der Waals surface area contributed by atoms with Crippen LogP contribution in [0, 0.1) is 13.8 Å². The maximum atomic E-state index is 12.6. The number of carbonyl (C=O) groups excluding carboxylic acids is 1. The van der Waals surface area contributed by atoms with Gasteiger partial charge in [0.2, 0.25) is 0 Å². The Hall–Kier alpha value is -2.93. The molecular formula is C19H24N6O. The van der Waals surface area contributed by atoms with Crippen molar-refractivity contribution in [2.24, 2.45) is 7.05 Å². The van der Waals surface area contributed by atoms with E-state index < -0.39 is 0 Å². The topological polar surface area (TPSA) is 78.8 Å². The quantitative estimate of drug-likeness (QED) is 0.740. The van der Waals surface area contributed by atoms with E-state index in [0.29, 0.717) is 5.69 Å². The second kappa shape index (κ2) is 7.13. The van der Waals surface area contributed by atoms with Gasteiger partial charge < -0.3 is 10.2 Å². The molecule has 2 N–H and O–H groups in total. The first kappa shape index (κ1) is 17.9. The van der Waals surface area contributed by atoms with Gasteiger partial charge in [-0.2, -0.15) is 10.2 Å². The van der Waals surface area contributed by atoms with Crippen LogP contribution in [-0.4, -0.2) is 44.9 Å². The van der Waals surface area contributed by atoms with E-state index in [4.69, 9.17) is 0 Å². The minimum Gasteiger partial charge on any atom is -0.321 e. The summed E-state index contributed by atoms with van der Waals surface area (Å²) in [5, 5.41) is 14.4. The number of anilines is 1. The average molecular weight is 352 g/mol. The molecule has 2 heterocycles. The Morgan fingerprint density at radius 2 is 2.04 bits per heavy atom. The SMILES string of the molecule is Cc1nn(C)c(C)c1-c1cc(C(=O)Nc2cccc(CN(C)C)c2)[nH]n1. The van der Waals surface area contributed by atoms with Gasteiger partial charge in [-0.05, 0) is 51.7 Å². The van der Waals surface area contributed by atoms with Gasteiger partial charge in [0.25, 0.3) is 5.91 Å². The zero-order chi connectivity index (χ0) is 18.8. The van der Waals surface area contributed by atoms with Crippen LogP contribution in [0.1, 0.15) is 27.4 Å². The molecule has 0 saturated carbocycles. The van der Waals surface area contributed by atoms with Crippen LogP contribution < -0.4 is 5.32 Å². The van der Waals surface area contributed by atoms with Crippen molar-refractivity contribution in [3.63, 3.8) is 0 Å². The summed E-state index contributed by atoms with van der Waals surface area (Å²) < 4.78 is 1.81. The van der Waals surface area contributed by atoms with Crippen LogP contribution >= 0.6 is 0 Å². The zero-order valence-corrected chi connectivity index (χ0v) is 15.8. The van der Waals surface area contributed by atoms with Crippen LogP contribution in [0.5, 0.6) is 0 Å². The molecule has 3 aromatic rings. The van der Waals surface area contributed by atoms with Crippen molar-refractivity contribution in [1.29, 1.82) is 0 Å². The Morgan fingerprint density at radius 1 is 1.27 bits per heavy atom. The third-order valence-corrected chi connectivity index (χ3v) is 4.27. The van der Waals surface area contributed by atoms with Crippen molar-refractivity contribution >= 4 is 11.6 Å². The highest BCUT2D eigenvalue weighted by atomic mass is 16.1. The lowest BCUT2D eigenvalue weighted by molar-refractivity contribution is 0.102. The zero-order valence-electron chi connectivity index (χ0n) is 15.8. The Kier molecular flexibility index (Phi) is 4.90. The van der Waals surface area contributed by atoms with Gasteiger partial charge in [-0.15, -0.1) is 0 Å². The summed E-state index contributed by atoms with van der Waals surface area (Å²) in [6, 6.07) is 9.59. The summed E-state index contributed by atoms with van der Waals surface area (Å²) >= 11 is 0. The van der Waals surface area contributed by atoms with E-state index >= 15 is 0 Å². The molecule has 0 saturated heterocycles. The molecule has 1 amide bonds. The minimum atomic E-state index is -0.218. The number of nitrogens with one attached hydrogen (secondary N) is 2. The lowest BCUT2D eigenvalue weighted by Crippen LogP contribution is -2.14. The first-order chi connectivity index (χ1) is 12.3. The normalized spacial score (nSPS) is 11.2. The molecule has 1 aromatic carbocycles. The molecule has 0 aliphatic rings. The molecule has 0 aliphatic carbocycles. The number of benzene rings is 1. The van der Waals surface area contributed by atoms with Crippen molar-refractivity contribution in [3.8, 4) is 11.3 Å². The Morgan fingerprint density at radius 3 is 2.69 bits per heavy atom. The maximum absolute atomic E-state index is 12.6. The van der Waals surface area contributed by atoms with Crippen molar-refractivity contribution < 1.29 is 4.79 Å². The molecule has 26 heavy (non-hydrogen) atoms. The lowest BCUT2D eigenvalue weighted by atomic mass is 10.1. The summed E-state index contributed by atoms with van der Waals surface area (Å²) in [5.41, 5.74) is 5.90. The first-order valence-electron chi connectivity index (χ1n) is 8.46. The van der Waals surface area contributed by atoms with E-state index in [0.717, 1.165) is 40.4 Å². The van der Waals surface area contributed by atoms with E-state index in [-0.39, 0.29) is 5.91 Å². The second-order valence-electron chi connectivity index (χ2n) is 6.73. The number of aromatic amines is 1. The van der Waals surface area contributed by atoms with Gasteiger partial charge in [-0.3, -0.25) is 14.6 Å². The van der Waals surface area contributed by atoms with Crippen LogP contribution in [0.15, 0.2) is 30.3 Å². The number of aryl methyl sites for hydroxylation is 2. The Labute approximate surface area is 153 Å². The maximum Gasteiger partial charge on any atom is 0.273 e. The van der Waals surface area contributed by atoms with Crippen molar-refractivity contribution in [1.82, 2.24) is 24.9 Å². The van der Waals surface area contributed by atoms with Gasteiger partial charge >= 0.3 is 0 Å². The molecule has 2 aromatic heterocycles. The summed E-state index contributed by atoms with van der Waals surface area (Å²) in [6.07, 6.45) is 0. The van der Waals surface area contributed by atoms with Gasteiger partial charge in [0, 0.05) is 30.5 Å². The van der Waals surface area contributed by atoms with E-state index in [1.54, 1.807) is 6.07 Å². The van der Waals surface area contributed by atoms with E-state index in [1.807, 2.05) is 63.9 Å². The summed E-state index contributed by atoms with van der Waals surface area (Å²) in [6.45, 7) is 4.74. The van der Waals surface area contributed by atoms with Gasteiger partial charge in [-0.25, -0.2) is 0 Å². The molecule has 0 fully saturated rings. The number of hydrogen-bond donors (Lipinski definition) is 2. The highest BCUT2D eigenvalue weighted by Crippen LogP contribution is 2.25. The van der Waals surface area contributed by atoms with Gasteiger partial charge in [0.05, 0.1) is 11.4 Å². The van der Waals surface area contributed by atoms with Gasteiger partial charge in [0.15, 0.2) is 0 Å². The monoisotopic (exact) mass is 352 g/mol. The van der Waals surface area contributed by atoms with Gasteiger partial charge in [-0.1, -0.05) is 12.1 Å². The third kappa shape index (κ3) is 3.67. The lowest BCUT2D eigenvalue weighted by Gasteiger charge is -2.11. The summed E-state index contributed by atoms with van der Waals surface area (Å²) in [4.78, 5) is 14.6. The largest absolute Gasteiger partial charge is 0.321 e. The fraction of sp³-hybridized carbons (Fsp3) is 0.316. The third-order valence-electron chi connectivity index (χ3n) is 4.27. The van der Waals surface area contributed by atoms with E-state index in [9.17, 15) is 4.79 Å². The fourth-order valence-corrected chi connectivity index (χ4v) is 3.02. The number of H-pyrrole nitrogens is 1. The molecule has 136 valence electrons. The van der Waals surface area contributed by atoms with Crippen LogP contribution in [0.2, 0.25) is 0 Å². The van der Waals surface area contributed by atoms with Crippen molar-refractivity contribution in [2.45, 2.75) is 20.4 Å². The molecule has 0 spiro atoms. The standard InChI is InChI=1S/C19H24N6O/c1-12-18(13(2)25(5)23-12)16-10-17(22-21-16)19(26)20-15-8-6-7-14(9-15)11-24(3)4/h6-10H,11H2,1-5H3,(H,20,26)(H,21,22). The Bertz CT molecular complexity index is 937. The predicted octanol–water partition coefficient (Wildman–Crippen LogP) is 2.74. The molecule has 7 heteroatoms. The summed E-state index contributed by atoms with van der Waals surface area (Å²) in [5.74, 6) is -0.218. The number of hydrogen-bond acceptors (Lipinski definition) is 4. The van der Waals surface area contributed by atoms with E-state index in [1.165, 1.54) is 0 Å². The number of rotatable bonds is 5. The first-order valence-corrected chi connectivity index (χ1v) is 8.46. The molecule has 0 unspecified atom stereocenters. The number of carbonyl (C=O) groups is 1. The molecule has 7 nitrogen and oxygen atoms in total. The molecule has 0 bridgehead atoms. The number of nitrogens with zero attached hydrogens (tertiary/aromatic N) is 4. The van der Waals surface area contributed by atoms with E-state index in [2.05, 4.69) is 25.5 Å². The highest BCUT2D eigenvalue weighted by Gasteiger charge is 2.17. The second-order valence-corrected chi connectivity index (χ2v) is 6.73. The average Bonchev–Trinajstić information content (AvgIpc) is 3.12. The molecule has 0 atom stereocenters. The summed E-state index contributed by atoms with van der Waals surface area (Å²) in [7, 11) is 5.92. The number of aromatic nitrogens is 4.